The van der Waals surface area contributed by atoms with Gasteiger partial charge in [-0.05, 0) is 7.05 Å². The maximum absolute atomic E-state index is 11.4. The first-order valence-electron chi connectivity index (χ1n) is 5.84. The molecule has 0 saturated carbocycles. The Bertz CT molecular complexity index is 445. The molecule has 1 unspecified atom stereocenters. The molecule has 0 bridgehead atoms. The van der Waals surface area contributed by atoms with Gasteiger partial charge in [0.05, 0.1) is 6.54 Å². The lowest BCUT2D eigenvalue weighted by Crippen LogP contribution is -2.34. The van der Waals surface area contributed by atoms with Crippen molar-refractivity contribution in [2.75, 3.05) is 20.6 Å². The molecule has 8 heteroatoms. The van der Waals surface area contributed by atoms with Crippen LogP contribution < -0.4 is 16.6 Å². The number of hydrazine groups is 1. The number of hydrogen-bond acceptors (Lipinski definition) is 6. The van der Waals surface area contributed by atoms with E-state index in [0.29, 0.717) is 18.8 Å². The fourth-order valence-corrected chi connectivity index (χ4v) is 1.70. The average Bonchev–Trinajstić information content (AvgIpc) is 2.84. The Morgan fingerprint density at radius 3 is 2.84 bits per heavy atom. The third-order valence-corrected chi connectivity index (χ3v) is 2.63. The van der Waals surface area contributed by atoms with Crippen molar-refractivity contribution in [1.82, 2.24) is 20.8 Å². The molecule has 0 aromatic carbocycles. The van der Waals surface area contributed by atoms with Crippen LogP contribution in [0.4, 0.5) is 0 Å². The minimum Gasteiger partial charge on any atom is -0.359 e. The highest BCUT2D eigenvalue weighted by Gasteiger charge is 2.16. The van der Waals surface area contributed by atoms with Crippen molar-refractivity contribution in [1.29, 1.82) is 0 Å². The van der Waals surface area contributed by atoms with Crippen molar-refractivity contribution >= 4 is 11.8 Å². The first-order chi connectivity index (χ1) is 8.97. The van der Waals surface area contributed by atoms with E-state index in [2.05, 4.69) is 10.5 Å². The van der Waals surface area contributed by atoms with Crippen LogP contribution in [0.5, 0.6) is 0 Å². The first kappa shape index (κ1) is 15.1. The second-order valence-corrected chi connectivity index (χ2v) is 4.36. The SMILES string of the molecule is CNC(=O)C(C)CN(C)Cc1cc(C(=O)NN)no1. The van der Waals surface area contributed by atoms with Gasteiger partial charge in [0.1, 0.15) is 0 Å². The molecular formula is C11H19N5O3. The fourth-order valence-electron chi connectivity index (χ4n) is 1.70. The highest BCUT2D eigenvalue weighted by Crippen LogP contribution is 2.08. The van der Waals surface area contributed by atoms with Gasteiger partial charge in [0, 0.05) is 25.6 Å². The molecule has 0 saturated heterocycles. The molecule has 8 nitrogen and oxygen atoms in total. The lowest BCUT2D eigenvalue weighted by atomic mass is 10.1. The van der Waals surface area contributed by atoms with Crippen LogP contribution in [0.15, 0.2) is 10.6 Å². The predicted molar refractivity (Wildman–Crippen MR) is 67.7 cm³/mol. The summed E-state index contributed by atoms with van der Waals surface area (Å²) in [5.74, 6) is 4.87. The molecule has 0 aliphatic rings. The molecule has 19 heavy (non-hydrogen) atoms. The Kier molecular flexibility index (Phi) is 5.46. The lowest BCUT2D eigenvalue weighted by Gasteiger charge is -2.18. The third kappa shape index (κ3) is 4.34. The van der Waals surface area contributed by atoms with E-state index in [1.54, 1.807) is 7.05 Å². The molecule has 0 spiro atoms. The van der Waals surface area contributed by atoms with E-state index in [-0.39, 0.29) is 17.5 Å². The van der Waals surface area contributed by atoms with E-state index in [9.17, 15) is 9.59 Å². The summed E-state index contributed by atoms with van der Waals surface area (Å²) in [5, 5.41) is 6.19. The molecule has 1 rings (SSSR count). The lowest BCUT2D eigenvalue weighted by molar-refractivity contribution is -0.124. The van der Waals surface area contributed by atoms with Crippen molar-refractivity contribution in [3.63, 3.8) is 0 Å². The van der Waals surface area contributed by atoms with Crippen LogP contribution >= 0.6 is 0 Å². The summed E-state index contributed by atoms with van der Waals surface area (Å²) in [6, 6.07) is 1.52. The van der Waals surface area contributed by atoms with Gasteiger partial charge in [0.2, 0.25) is 5.91 Å². The highest BCUT2D eigenvalue weighted by molar-refractivity contribution is 5.91. The van der Waals surface area contributed by atoms with Gasteiger partial charge in [-0.3, -0.25) is 19.9 Å². The smallest absolute Gasteiger partial charge is 0.287 e. The van der Waals surface area contributed by atoms with Gasteiger partial charge in [-0.2, -0.15) is 0 Å². The van der Waals surface area contributed by atoms with Crippen LogP contribution in [-0.4, -0.2) is 42.5 Å². The van der Waals surface area contributed by atoms with Crippen molar-refractivity contribution in [3.05, 3.63) is 17.5 Å². The summed E-state index contributed by atoms with van der Waals surface area (Å²) in [6.45, 7) is 2.86. The molecule has 0 radical (unpaired) electrons. The maximum atomic E-state index is 11.4. The van der Waals surface area contributed by atoms with E-state index in [0.717, 1.165) is 0 Å². The molecule has 106 valence electrons. The molecular weight excluding hydrogens is 250 g/mol. The normalized spacial score (nSPS) is 12.3. The molecule has 2 amide bonds. The number of amides is 2. The van der Waals surface area contributed by atoms with Crippen LogP contribution in [0.1, 0.15) is 23.2 Å². The molecule has 0 aliphatic carbocycles. The molecule has 4 N–H and O–H groups in total. The first-order valence-corrected chi connectivity index (χ1v) is 5.84. The van der Waals surface area contributed by atoms with E-state index >= 15 is 0 Å². The number of nitrogen functional groups attached to an aromatic ring is 1. The monoisotopic (exact) mass is 269 g/mol. The van der Waals surface area contributed by atoms with Crippen LogP contribution in [0.25, 0.3) is 0 Å². The molecule has 0 fully saturated rings. The molecule has 1 aromatic rings. The van der Waals surface area contributed by atoms with Crippen LogP contribution in [-0.2, 0) is 11.3 Å². The van der Waals surface area contributed by atoms with E-state index in [1.165, 1.54) is 6.07 Å². The van der Waals surface area contributed by atoms with Gasteiger partial charge in [-0.15, -0.1) is 0 Å². The Hall–Kier alpha value is -1.93. The molecule has 1 aromatic heterocycles. The van der Waals surface area contributed by atoms with Gasteiger partial charge in [0.15, 0.2) is 11.5 Å². The zero-order chi connectivity index (χ0) is 14.4. The minimum absolute atomic E-state index is 0.0207. The van der Waals surface area contributed by atoms with Gasteiger partial charge >= 0.3 is 0 Å². The van der Waals surface area contributed by atoms with Crippen LogP contribution in [0.2, 0.25) is 0 Å². The Morgan fingerprint density at radius 1 is 1.58 bits per heavy atom. The summed E-state index contributed by atoms with van der Waals surface area (Å²) in [4.78, 5) is 24.5. The number of aromatic nitrogens is 1. The molecule has 0 aliphatic heterocycles. The van der Waals surface area contributed by atoms with Crippen molar-refractivity contribution in [3.8, 4) is 0 Å². The standard InChI is InChI=1S/C11H19N5O3/c1-7(10(17)13-2)5-16(3)6-8-4-9(15-19-8)11(18)14-12/h4,7H,5-6,12H2,1-3H3,(H,13,17)(H,14,18). The zero-order valence-corrected chi connectivity index (χ0v) is 11.3. The van der Waals surface area contributed by atoms with Crippen molar-refractivity contribution < 1.29 is 14.1 Å². The number of hydrogen-bond donors (Lipinski definition) is 3. The Morgan fingerprint density at radius 2 is 2.26 bits per heavy atom. The van der Waals surface area contributed by atoms with Gasteiger partial charge in [0.25, 0.3) is 5.91 Å². The number of carbonyl (C=O) groups is 2. The van der Waals surface area contributed by atoms with E-state index in [4.69, 9.17) is 10.4 Å². The fraction of sp³-hybridized carbons (Fsp3) is 0.545. The van der Waals surface area contributed by atoms with Crippen molar-refractivity contribution in [2.45, 2.75) is 13.5 Å². The molecule has 1 heterocycles. The maximum Gasteiger partial charge on any atom is 0.287 e. The summed E-state index contributed by atoms with van der Waals surface area (Å²) < 4.78 is 5.02. The van der Waals surface area contributed by atoms with Gasteiger partial charge < -0.3 is 9.84 Å². The van der Waals surface area contributed by atoms with Gasteiger partial charge in [-0.25, -0.2) is 5.84 Å². The minimum atomic E-state index is -0.503. The Labute approximate surface area is 111 Å². The second-order valence-electron chi connectivity index (χ2n) is 4.36. The zero-order valence-electron chi connectivity index (χ0n) is 11.3. The number of rotatable bonds is 6. The largest absolute Gasteiger partial charge is 0.359 e. The number of nitrogens with two attached hydrogens (primary N) is 1. The summed E-state index contributed by atoms with van der Waals surface area (Å²) in [6.07, 6.45) is 0. The van der Waals surface area contributed by atoms with Crippen LogP contribution in [0.3, 0.4) is 0 Å². The quantitative estimate of drug-likeness (QED) is 0.350. The third-order valence-electron chi connectivity index (χ3n) is 2.63. The summed E-state index contributed by atoms with van der Waals surface area (Å²) in [7, 11) is 3.46. The predicted octanol–water partition coefficient (Wildman–Crippen LogP) is -0.908. The average molecular weight is 269 g/mol. The van der Waals surface area contributed by atoms with E-state index in [1.807, 2.05) is 24.3 Å². The number of carbonyl (C=O) groups excluding carboxylic acids is 2. The van der Waals surface area contributed by atoms with Crippen molar-refractivity contribution in [2.24, 2.45) is 11.8 Å². The highest BCUT2D eigenvalue weighted by atomic mass is 16.5. The summed E-state index contributed by atoms with van der Waals surface area (Å²) >= 11 is 0. The second kappa shape index (κ2) is 6.86. The van der Waals surface area contributed by atoms with Crippen LogP contribution in [0, 0.1) is 5.92 Å². The summed E-state index contributed by atoms with van der Waals surface area (Å²) in [5.41, 5.74) is 2.10. The topological polar surface area (TPSA) is 113 Å². The van der Waals surface area contributed by atoms with E-state index < -0.39 is 5.91 Å². The Balaban J connectivity index is 2.52. The number of nitrogens with one attached hydrogen (secondary N) is 2. The number of nitrogens with zero attached hydrogens (tertiary/aromatic N) is 2. The molecule has 1 atom stereocenters. The van der Waals surface area contributed by atoms with Gasteiger partial charge in [-0.1, -0.05) is 12.1 Å².